The summed E-state index contributed by atoms with van der Waals surface area (Å²) in [5, 5.41) is 3.99. The summed E-state index contributed by atoms with van der Waals surface area (Å²) < 4.78 is 5.26. The average Bonchev–Trinajstić information content (AvgIpc) is 2.80. The van der Waals surface area contributed by atoms with Crippen molar-refractivity contribution in [1.29, 1.82) is 0 Å². The number of rotatable bonds is 3. The molecule has 3 nitrogen and oxygen atoms in total. The molecule has 0 bridgehead atoms. The first-order chi connectivity index (χ1) is 8.03. The Labute approximate surface area is 106 Å². The molecule has 0 amide bonds. The third-order valence-electron chi connectivity index (χ3n) is 2.65. The second kappa shape index (κ2) is 4.49. The molecule has 4 heteroatoms. The van der Waals surface area contributed by atoms with E-state index in [1.807, 2.05) is 45.0 Å². The average molecular weight is 251 g/mol. The summed E-state index contributed by atoms with van der Waals surface area (Å²) in [7, 11) is 0. The minimum atomic E-state index is -0.294. The third kappa shape index (κ3) is 2.50. The number of nitrogens with zero attached hydrogens (tertiary/aromatic N) is 2. The molecule has 0 aliphatic rings. The molecule has 0 unspecified atom stereocenters. The maximum absolute atomic E-state index is 5.88. The van der Waals surface area contributed by atoms with E-state index in [-0.39, 0.29) is 5.41 Å². The van der Waals surface area contributed by atoms with Gasteiger partial charge in [-0.1, -0.05) is 35.0 Å². The van der Waals surface area contributed by atoms with Crippen molar-refractivity contribution >= 4 is 11.6 Å². The number of aromatic nitrogens is 2. The van der Waals surface area contributed by atoms with E-state index in [2.05, 4.69) is 10.1 Å². The molecule has 0 N–H and O–H groups in total. The highest BCUT2D eigenvalue weighted by molar-refractivity contribution is 6.18. The molecule has 0 spiro atoms. The maximum Gasteiger partial charge on any atom is 0.233 e. The summed E-state index contributed by atoms with van der Waals surface area (Å²) in [6.07, 6.45) is 0. The van der Waals surface area contributed by atoms with Gasteiger partial charge in [-0.2, -0.15) is 4.98 Å². The number of halogens is 1. The lowest BCUT2D eigenvalue weighted by Gasteiger charge is -2.14. The maximum atomic E-state index is 5.88. The van der Waals surface area contributed by atoms with E-state index >= 15 is 0 Å². The number of benzene rings is 1. The van der Waals surface area contributed by atoms with Crippen LogP contribution in [0.5, 0.6) is 0 Å². The van der Waals surface area contributed by atoms with Gasteiger partial charge in [0.25, 0.3) is 0 Å². The Morgan fingerprint density at radius 1 is 1.24 bits per heavy atom. The molecule has 1 heterocycles. The third-order valence-corrected chi connectivity index (χ3v) is 3.32. The zero-order valence-electron chi connectivity index (χ0n) is 10.2. The number of hydrogen-bond acceptors (Lipinski definition) is 3. The van der Waals surface area contributed by atoms with Crippen LogP contribution in [0.4, 0.5) is 0 Å². The molecular weight excluding hydrogens is 236 g/mol. The quantitative estimate of drug-likeness (QED) is 0.782. The predicted molar refractivity (Wildman–Crippen MR) is 68.2 cm³/mol. The van der Waals surface area contributed by atoms with Crippen LogP contribution in [0.25, 0.3) is 11.4 Å². The minimum absolute atomic E-state index is 0.294. The van der Waals surface area contributed by atoms with Crippen LogP contribution in [0.15, 0.2) is 28.8 Å². The van der Waals surface area contributed by atoms with Gasteiger partial charge < -0.3 is 4.52 Å². The summed E-state index contributed by atoms with van der Waals surface area (Å²) in [5.41, 5.74) is 1.87. The molecule has 90 valence electrons. The van der Waals surface area contributed by atoms with Crippen LogP contribution < -0.4 is 0 Å². The Morgan fingerprint density at radius 3 is 2.47 bits per heavy atom. The minimum Gasteiger partial charge on any atom is -0.338 e. The van der Waals surface area contributed by atoms with Crippen LogP contribution in [0.2, 0.25) is 0 Å². The number of aryl methyl sites for hydroxylation is 1. The van der Waals surface area contributed by atoms with Gasteiger partial charge in [0.05, 0.1) is 5.41 Å². The molecule has 2 rings (SSSR count). The number of hydrogen-bond donors (Lipinski definition) is 0. The van der Waals surface area contributed by atoms with Crippen molar-refractivity contribution in [3.05, 3.63) is 35.7 Å². The van der Waals surface area contributed by atoms with Crippen LogP contribution in [0.1, 0.15) is 25.3 Å². The second-order valence-corrected chi connectivity index (χ2v) is 5.07. The Hall–Kier alpha value is -1.35. The van der Waals surface area contributed by atoms with E-state index in [0.29, 0.717) is 17.6 Å². The normalized spacial score (nSPS) is 11.8. The van der Waals surface area contributed by atoms with Gasteiger partial charge >= 0.3 is 0 Å². The Bertz CT molecular complexity index is 502. The smallest absolute Gasteiger partial charge is 0.233 e. The lowest BCUT2D eigenvalue weighted by Crippen LogP contribution is -2.19. The van der Waals surface area contributed by atoms with Gasteiger partial charge in [0.2, 0.25) is 11.7 Å². The zero-order valence-corrected chi connectivity index (χ0v) is 11.0. The van der Waals surface area contributed by atoms with E-state index in [0.717, 1.165) is 5.56 Å². The standard InChI is InChI=1S/C13H15ClN2O/c1-9-4-6-10(7-5-9)11-15-12(17-16-11)13(2,3)8-14/h4-7H,8H2,1-3H3. The second-order valence-electron chi connectivity index (χ2n) is 4.81. The monoisotopic (exact) mass is 250 g/mol. The SMILES string of the molecule is Cc1ccc(-c2noc(C(C)(C)CCl)n2)cc1. The molecule has 17 heavy (non-hydrogen) atoms. The van der Waals surface area contributed by atoms with Crippen molar-refractivity contribution in [2.24, 2.45) is 0 Å². The Kier molecular flexibility index (Phi) is 3.20. The van der Waals surface area contributed by atoms with Crippen molar-refractivity contribution < 1.29 is 4.52 Å². The lowest BCUT2D eigenvalue weighted by molar-refractivity contribution is 0.323. The molecule has 0 radical (unpaired) electrons. The first-order valence-electron chi connectivity index (χ1n) is 5.50. The highest BCUT2D eigenvalue weighted by atomic mass is 35.5. The van der Waals surface area contributed by atoms with Gasteiger partial charge in [-0.15, -0.1) is 11.6 Å². The highest BCUT2D eigenvalue weighted by Crippen LogP contribution is 2.25. The van der Waals surface area contributed by atoms with Gasteiger partial charge in [0.15, 0.2) is 0 Å². The van der Waals surface area contributed by atoms with Crippen LogP contribution in [-0.4, -0.2) is 16.0 Å². The summed E-state index contributed by atoms with van der Waals surface area (Å²) in [5.74, 6) is 1.63. The molecular formula is C13H15ClN2O. The lowest BCUT2D eigenvalue weighted by atomic mass is 9.96. The molecule has 1 aromatic heterocycles. The molecule has 0 saturated heterocycles. The summed E-state index contributed by atoms with van der Waals surface area (Å²) in [6, 6.07) is 8.02. The van der Waals surface area contributed by atoms with Crippen LogP contribution in [0.3, 0.4) is 0 Å². The summed E-state index contributed by atoms with van der Waals surface area (Å²) >= 11 is 5.88. The fourth-order valence-electron chi connectivity index (χ4n) is 1.38. The van der Waals surface area contributed by atoms with Gasteiger partial charge in [0.1, 0.15) is 0 Å². The molecule has 0 aliphatic carbocycles. The molecule has 0 saturated carbocycles. The molecule has 0 fully saturated rings. The largest absolute Gasteiger partial charge is 0.338 e. The number of alkyl halides is 1. The van der Waals surface area contributed by atoms with E-state index < -0.39 is 0 Å². The molecule has 1 aromatic carbocycles. The van der Waals surface area contributed by atoms with Crippen molar-refractivity contribution in [2.45, 2.75) is 26.2 Å². The van der Waals surface area contributed by atoms with Crippen molar-refractivity contribution in [3.63, 3.8) is 0 Å². The van der Waals surface area contributed by atoms with Crippen LogP contribution in [0, 0.1) is 6.92 Å². The van der Waals surface area contributed by atoms with E-state index in [9.17, 15) is 0 Å². The van der Waals surface area contributed by atoms with Crippen LogP contribution >= 0.6 is 11.6 Å². The fraction of sp³-hybridized carbons (Fsp3) is 0.385. The fourth-order valence-corrected chi connectivity index (χ4v) is 1.49. The molecule has 0 aliphatic heterocycles. The van der Waals surface area contributed by atoms with Gasteiger partial charge in [-0.25, -0.2) is 0 Å². The molecule has 2 aromatic rings. The Morgan fingerprint density at radius 2 is 1.88 bits per heavy atom. The predicted octanol–water partition coefficient (Wildman–Crippen LogP) is 3.56. The Balaban J connectivity index is 2.33. The molecule has 0 atom stereocenters. The van der Waals surface area contributed by atoms with E-state index in [1.54, 1.807) is 0 Å². The van der Waals surface area contributed by atoms with Gasteiger partial charge in [0, 0.05) is 11.4 Å². The summed E-state index contributed by atoms with van der Waals surface area (Å²) in [4.78, 5) is 4.39. The summed E-state index contributed by atoms with van der Waals surface area (Å²) in [6.45, 7) is 6.00. The first-order valence-corrected chi connectivity index (χ1v) is 6.03. The van der Waals surface area contributed by atoms with E-state index in [4.69, 9.17) is 16.1 Å². The van der Waals surface area contributed by atoms with Crippen molar-refractivity contribution in [1.82, 2.24) is 10.1 Å². The topological polar surface area (TPSA) is 38.9 Å². The highest BCUT2D eigenvalue weighted by Gasteiger charge is 2.26. The first kappa shape index (κ1) is 12.1. The zero-order chi connectivity index (χ0) is 12.5. The van der Waals surface area contributed by atoms with Gasteiger partial charge in [-0.3, -0.25) is 0 Å². The van der Waals surface area contributed by atoms with Crippen molar-refractivity contribution in [3.8, 4) is 11.4 Å². The van der Waals surface area contributed by atoms with E-state index in [1.165, 1.54) is 5.56 Å². The van der Waals surface area contributed by atoms with Crippen LogP contribution in [-0.2, 0) is 5.41 Å². The van der Waals surface area contributed by atoms with Crippen molar-refractivity contribution in [2.75, 3.05) is 5.88 Å². The van der Waals surface area contributed by atoms with Gasteiger partial charge in [-0.05, 0) is 20.8 Å².